The number of nitrogens with zero attached hydrogens (tertiary/aromatic N) is 1. The molecule has 4 heteroatoms. The van der Waals surface area contributed by atoms with Crippen molar-refractivity contribution in [3.8, 4) is 0 Å². The van der Waals surface area contributed by atoms with Crippen LogP contribution < -0.4 is 5.73 Å². The summed E-state index contributed by atoms with van der Waals surface area (Å²) < 4.78 is 0. The van der Waals surface area contributed by atoms with E-state index >= 15 is 0 Å². The second-order valence-corrected chi connectivity index (χ2v) is 5.95. The minimum atomic E-state index is 0. The quantitative estimate of drug-likeness (QED) is 0.864. The van der Waals surface area contributed by atoms with E-state index in [2.05, 4.69) is 11.8 Å². The predicted molar refractivity (Wildman–Crippen MR) is 81.4 cm³/mol. The summed E-state index contributed by atoms with van der Waals surface area (Å²) in [6.45, 7) is 3.68. The van der Waals surface area contributed by atoms with Gasteiger partial charge in [-0.05, 0) is 45.1 Å². The zero-order valence-electron chi connectivity index (χ0n) is 12.1. The Morgan fingerprint density at radius 2 is 1.79 bits per heavy atom. The van der Waals surface area contributed by atoms with Crippen LogP contribution in [0.4, 0.5) is 0 Å². The van der Waals surface area contributed by atoms with Gasteiger partial charge in [-0.3, -0.25) is 4.79 Å². The van der Waals surface area contributed by atoms with E-state index < -0.39 is 0 Å². The summed E-state index contributed by atoms with van der Waals surface area (Å²) in [5.74, 6) is 1.06. The lowest BCUT2D eigenvalue weighted by Gasteiger charge is -2.36. The van der Waals surface area contributed by atoms with Gasteiger partial charge in [0.15, 0.2) is 0 Å². The van der Waals surface area contributed by atoms with Crippen LogP contribution in [0.3, 0.4) is 0 Å². The van der Waals surface area contributed by atoms with Crippen LogP contribution in [-0.2, 0) is 4.79 Å². The molecule has 2 saturated carbocycles. The first-order chi connectivity index (χ1) is 8.77. The molecule has 2 aliphatic rings. The van der Waals surface area contributed by atoms with E-state index in [0.29, 0.717) is 24.4 Å². The first kappa shape index (κ1) is 16.8. The van der Waals surface area contributed by atoms with Crippen molar-refractivity contribution in [2.75, 3.05) is 13.1 Å². The number of amides is 1. The van der Waals surface area contributed by atoms with Crippen molar-refractivity contribution in [3.05, 3.63) is 0 Å². The van der Waals surface area contributed by atoms with Crippen molar-refractivity contribution in [1.29, 1.82) is 0 Å². The number of hydrogen-bond donors (Lipinski definition) is 1. The van der Waals surface area contributed by atoms with Crippen molar-refractivity contribution in [2.24, 2.45) is 17.6 Å². The van der Waals surface area contributed by atoms with Gasteiger partial charge in [0.25, 0.3) is 0 Å². The van der Waals surface area contributed by atoms with Gasteiger partial charge in [-0.25, -0.2) is 0 Å². The van der Waals surface area contributed by atoms with Gasteiger partial charge >= 0.3 is 0 Å². The largest absolute Gasteiger partial charge is 0.340 e. The van der Waals surface area contributed by atoms with E-state index in [4.69, 9.17) is 5.73 Å². The molecule has 2 atom stereocenters. The van der Waals surface area contributed by atoms with Gasteiger partial charge in [-0.15, -0.1) is 12.4 Å². The molecule has 19 heavy (non-hydrogen) atoms. The molecule has 112 valence electrons. The molecule has 2 rings (SSSR count). The Labute approximate surface area is 123 Å². The maximum atomic E-state index is 12.7. The lowest BCUT2D eigenvalue weighted by Crippen LogP contribution is -2.45. The van der Waals surface area contributed by atoms with Gasteiger partial charge in [-0.1, -0.05) is 25.7 Å². The van der Waals surface area contributed by atoms with Crippen LogP contribution in [0, 0.1) is 11.8 Å². The Balaban J connectivity index is 0.00000180. The molecule has 0 bridgehead atoms. The van der Waals surface area contributed by atoms with Crippen LogP contribution in [-0.4, -0.2) is 29.9 Å². The van der Waals surface area contributed by atoms with Crippen molar-refractivity contribution in [3.63, 3.8) is 0 Å². The number of carbonyl (C=O) groups is 1. The summed E-state index contributed by atoms with van der Waals surface area (Å²) >= 11 is 0. The van der Waals surface area contributed by atoms with E-state index in [0.717, 1.165) is 19.4 Å². The second kappa shape index (κ2) is 8.11. The Hall–Kier alpha value is -0.280. The Kier molecular flexibility index (Phi) is 7.16. The fourth-order valence-corrected chi connectivity index (χ4v) is 3.84. The van der Waals surface area contributed by atoms with Crippen molar-refractivity contribution in [1.82, 2.24) is 4.90 Å². The molecule has 0 aromatic carbocycles. The number of halogens is 1. The number of hydrogen-bond acceptors (Lipinski definition) is 2. The average Bonchev–Trinajstić information content (AvgIpc) is 2.89. The maximum Gasteiger partial charge on any atom is 0.226 e. The Morgan fingerprint density at radius 1 is 1.11 bits per heavy atom. The summed E-state index contributed by atoms with van der Waals surface area (Å²) in [5, 5.41) is 0. The van der Waals surface area contributed by atoms with E-state index in [1.54, 1.807) is 0 Å². The molecule has 1 amide bonds. The molecule has 0 radical (unpaired) electrons. The molecular weight excluding hydrogens is 260 g/mol. The van der Waals surface area contributed by atoms with E-state index in [1.165, 1.54) is 38.5 Å². The first-order valence-electron chi connectivity index (χ1n) is 7.78. The van der Waals surface area contributed by atoms with Crippen LogP contribution in [0.25, 0.3) is 0 Å². The zero-order valence-corrected chi connectivity index (χ0v) is 13.0. The molecule has 0 heterocycles. The summed E-state index contributed by atoms with van der Waals surface area (Å²) in [4.78, 5) is 14.9. The topological polar surface area (TPSA) is 46.3 Å². The van der Waals surface area contributed by atoms with Crippen LogP contribution in [0.2, 0.25) is 0 Å². The smallest absolute Gasteiger partial charge is 0.226 e. The molecular formula is C15H29ClN2O. The molecule has 3 nitrogen and oxygen atoms in total. The highest BCUT2D eigenvalue weighted by Crippen LogP contribution is 2.34. The van der Waals surface area contributed by atoms with Gasteiger partial charge in [0.1, 0.15) is 0 Å². The third-order valence-electron chi connectivity index (χ3n) is 4.92. The van der Waals surface area contributed by atoms with Gasteiger partial charge in [0.05, 0.1) is 0 Å². The molecule has 0 unspecified atom stereocenters. The molecule has 2 N–H and O–H groups in total. The summed E-state index contributed by atoms with van der Waals surface area (Å²) in [5.41, 5.74) is 5.81. The SMILES string of the molecule is CCN(C(=O)[C@@H]1CCC[C@@H]1CN)C1CCCCC1.Cl. The van der Waals surface area contributed by atoms with E-state index in [-0.39, 0.29) is 18.3 Å². The Bertz CT molecular complexity index is 279. The summed E-state index contributed by atoms with van der Waals surface area (Å²) in [6, 6.07) is 0.510. The first-order valence-corrected chi connectivity index (χ1v) is 7.78. The lowest BCUT2D eigenvalue weighted by atomic mass is 9.90. The van der Waals surface area contributed by atoms with Gasteiger partial charge in [0, 0.05) is 18.5 Å². The summed E-state index contributed by atoms with van der Waals surface area (Å²) in [6.07, 6.45) is 9.73. The number of rotatable bonds is 4. The zero-order chi connectivity index (χ0) is 13.0. The minimum absolute atomic E-state index is 0. The van der Waals surface area contributed by atoms with Crippen LogP contribution in [0.15, 0.2) is 0 Å². The van der Waals surface area contributed by atoms with E-state index in [1.807, 2.05) is 0 Å². The van der Waals surface area contributed by atoms with Gasteiger partial charge in [-0.2, -0.15) is 0 Å². The van der Waals surface area contributed by atoms with Crippen LogP contribution in [0.1, 0.15) is 58.3 Å². The number of nitrogens with two attached hydrogens (primary N) is 1. The molecule has 0 aromatic rings. The standard InChI is InChI=1S/C15H28N2O.ClH/c1-2-17(13-8-4-3-5-9-13)15(18)14-10-6-7-12(14)11-16;/h12-14H,2-11,16H2,1H3;1H/t12-,14-;/m1./s1. The van der Waals surface area contributed by atoms with Crippen LogP contribution >= 0.6 is 12.4 Å². The minimum Gasteiger partial charge on any atom is -0.340 e. The van der Waals surface area contributed by atoms with Crippen molar-refractivity contribution in [2.45, 2.75) is 64.3 Å². The lowest BCUT2D eigenvalue weighted by molar-refractivity contribution is -0.139. The Morgan fingerprint density at radius 3 is 2.37 bits per heavy atom. The molecule has 0 aliphatic heterocycles. The number of carbonyl (C=O) groups excluding carboxylic acids is 1. The highest BCUT2D eigenvalue weighted by Gasteiger charge is 2.36. The third-order valence-corrected chi connectivity index (χ3v) is 4.92. The highest BCUT2D eigenvalue weighted by atomic mass is 35.5. The van der Waals surface area contributed by atoms with Crippen molar-refractivity contribution < 1.29 is 4.79 Å². The molecule has 2 fully saturated rings. The molecule has 2 aliphatic carbocycles. The monoisotopic (exact) mass is 288 g/mol. The highest BCUT2D eigenvalue weighted by molar-refractivity contribution is 5.85. The van der Waals surface area contributed by atoms with Gasteiger partial charge in [0.2, 0.25) is 5.91 Å². The average molecular weight is 289 g/mol. The molecule has 0 aromatic heterocycles. The van der Waals surface area contributed by atoms with Crippen LogP contribution in [0.5, 0.6) is 0 Å². The maximum absolute atomic E-state index is 12.7. The molecule has 0 spiro atoms. The third kappa shape index (κ3) is 3.85. The fourth-order valence-electron chi connectivity index (χ4n) is 3.84. The van der Waals surface area contributed by atoms with Gasteiger partial charge < -0.3 is 10.6 Å². The predicted octanol–water partition coefficient (Wildman–Crippen LogP) is 2.96. The van der Waals surface area contributed by atoms with Crippen molar-refractivity contribution >= 4 is 18.3 Å². The fraction of sp³-hybridized carbons (Fsp3) is 0.933. The normalized spacial score (nSPS) is 27.9. The molecule has 0 saturated heterocycles. The van der Waals surface area contributed by atoms with E-state index in [9.17, 15) is 4.79 Å². The summed E-state index contributed by atoms with van der Waals surface area (Å²) in [7, 11) is 0. The second-order valence-electron chi connectivity index (χ2n) is 5.95.